The molecule has 2 rings (SSSR count). The van der Waals surface area contributed by atoms with Crippen LogP contribution in [0.4, 0.5) is 0 Å². The number of hydrogen-bond acceptors (Lipinski definition) is 3. The topological polar surface area (TPSA) is 76.4 Å². The zero-order valence-corrected chi connectivity index (χ0v) is 12.5. The number of nitrogens with zero attached hydrogens (tertiary/aromatic N) is 1. The molecule has 6 heteroatoms. The van der Waals surface area contributed by atoms with Crippen LogP contribution >= 0.6 is 15.9 Å². The highest BCUT2D eigenvalue weighted by atomic mass is 79.9. The van der Waals surface area contributed by atoms with Crippen LogP contribution in [0.25, 0.3) is 0 Å². The lowest BCUT2D eigenvalue weighted by molar-refractivity contribution is -0.148. The Labute approximate surface area is 129 Å². The molecule has 0 amide bonds. The van der Waals surface area contributed by atoms with Crippen molar-refractivity contribution in [2.75, 3.05) is 0 Å². The first-order chi connectivity index (χ1) is 9.95. The number of carbonyl (C=O) groups is 3. The highest BCUT2D eigenvalue weighted by Gasteiger charge is 2.18. The second kappa shape index (κ2) is 6.49. The van der Waals surface area contributed by atoms with E-state index in [1.807, 2.05) is 28.8 Å². The molecule has 0 bridgehead atoms. The van der Waals surface area contributed by atoms with Crippen LogP contribution in [-0.4, -0.2) is 27.2 Å². The summed E-state index contributed by atoms with van der Waals surface area (Å²) in [5.41, 5.74) is 1.40. The summed E-state index contributed by atoms with van der Waals surface area (Å²) in [7, 11) is 0. The van der Waals surface area contributed by atoms with Crippen molar-refractivity contribution in [1.82, 2.24) is 4.57 Å². The first-order valence-corrected chi connectivity index (χ1v) is 6.94. The Balaban J connectivity index is 2.04. The molecule has 1 heterocycles. The number of aliphatic carboxylic acids is 1. The van der Waals surface area contributed by atoms with Crippen LogP contribution in [0.5, 0.6) is 0 Å². The van der Waals surface area contributed by atoms with Gasteiger partial charge in [-0.25, -0.2) is 4.79 Å². The van der Waals surface area contributed by atoms with Crippen molar-refractivity contribution in [1.29, 1.82) is 0 Å². The molecule has 0 unspecified atom stereocenters. The minimum absolute atomic E-state index is 0.335. The van der Waals surface area contributed by atoms with E-state index in [9.17, 15) is 14.4 Å². The van der Waals surface area contributed by atoms with Gasteiger partial charge in [0.1, 0.15) is 0 Å². The third-order valence-corrected chi connectivity index (χ3v) is 3.44. The highest BCUT2D eigenvalue weighted by Crippen LogP contribution is 2.13. The molecule has 1 aromatic carbocycles. The lowest BCUT2D eigenvalue weighted by Gasteiger charge is -2.03. The molecular formula is C15H12BrNO4. The van der Waals surface area contributed by atoms with Gasteiger partial charge in [-0.3, -0.25) is 9.59 Å². The van der Waals surface area contributed by atoms with E-state index < -0.39 is 24.0 Å². The van der Waals surface area contributed by atoms with Gasteiger partial charge in [0.25, 0.3) is 0 Å². The predicted octanol–water partition coefficient (Wildman–Crippen LogP) is 2.53. The smallest absolute Gasteiger partial charge is 0.372 e. The molecule has 1 aromatic heterocycles. The summed E-state index contributed by atoms with van der Waals surface area (Å²) < 4.78 is 2.80. The van der Waals surface area contributed by atoms with Gasteiger partial charge in [-0.2, -0.15) is 0 Å². The number of rotatable bonds is 6. The second-order valence-electron chi connectivity index (χ2n) is 4.53. The van der Waals surface area contributed by atoms with Gasteiger partial charge in [0.15, 0.2) is 5.78 Å². The van der Waals surface area contributed by atoms with Crippen molar-refractivity contribution in [3.8, 4) is 0 Å². The van der Waals surface area contributed by atoms with Crippen LogP contribution in [0.3, 0.4) is 0 Å². The highest BCUT2D eigenvalue weighted by molar-refractivity contribution is 9.10. The molecule has 5 nitrogen and oxygen atoms in total. The SMILES string of the molecule is O=C(O)C(=O)CC(=O)c1ccn(Cc2ccc(Br)cc2)c1. The molecule has 0 fully saturated rings. The van der Waals surface area contributed by atoms with Crippen LogP contribution in [-0.2, 0) is 16.1 Å². The molecule has 1 N–H and O–H groups in total. The van der Waals surface area contributed by atoms with Crippen LogP contribution in [0.2, 0.25) is 0 Å². The molecule has 21 heavy (non-hydrogen) atoms. The lowest BCUT2D eigenvalue weighted by Crippen LogP contribution is -2.16. The van der Waals surface area contributed by atoms with Gasteiger partial charge in [0, 0.05) is 29.0 Å². The minimum atomic E-state index is -1.59. The summed E-state index contributed by atoms with van der Waals surface area (Å²) >= 11 is 3.36. The Morgan fingerprint density at radius 1 is 1.10 bits per heavy atom. The predicted molar refractivity (Wildman–Crippen MR) is 79.3 cm³/mol. The molecule has 0 atom stereocenters. The molecule has 0 aliphatic rings. The zero-order chi connectivity index (χ0) is 15.4. The quantitative estimate of drug-likeness (QED) is 0.493. The first-order valence-electron chi connectivity index (χ1n) is 6.15. The van der Waals surface area contributed by atoms with Crippen molar-refractivity contribution < 1.29 is 19.5 Å². The maximum absolute atomic E-state index is 11.8. The van der Waals surface area contributed by atoms with Crippen LogP contribution < -0.4 is 0 Å². The first kappa shape index (κ1) is 15.2. The Morgan fingerprint density at radius 3 is 2.38 bits per heavy atom. The van der Waals surface area contributed by atoms with Crippen LogP contribution in [0.15, 0.2) is 47.2 Å². The number of carboxylic acid groups (broad SMARTS) is 1. The average Bonchev–Trinajstić information content (AvgIpc) is 2.90. The summed E-state index contributed by atoms with van der Waals surface area (Å²) in [5, 5.41) is 8.49. The molecule has 0 aliphatic carbocycles. The Bertz CT molecular complexity index is 688. The van der Waals surface area contributed by atoms with Crippen molar-refractivity contribution in [3.63, 3.8) is 0 Å². The standard InChI is InChI=1S/C15H12BrNO4/c16-12-3-1-10(2-4-12)8-17-6-5-11(9-17)13(18)7-14(19)15(20)21/h1-6,9H,7-8H2,(H,20,21). The number of benzene rings is 1. The fourth-order valence-corrected chi connectivity index (χ4v) is 2.09. The molecule has 2 aromatic rings. The fourth-order valence-electron chi connectivity index (χ4n) is 1.83. The van der Waals surface area contributed by atoms with Gasteiger partial charge in [-0.05, 0) is 23.8 Å². The number of hydrogen-bond donors (Lipinski definition) is 1. The number of carboxylic acids is 1. The van der Waals surface area contributed by atoms with Crippen LogP contribution in [0, 0.1) is 0 Å². The van der Waals surface area contributed by atoms with Crippen LogP contribution in [0.1, 0.15) is 22.3 Å². The van der Waals surface area contributed by atoms with E-state index in [1.54, 1.807) is 18.5 Å². The number of ketones is 2. The Hall–Kier alpha value is -2.21. The normalized spacial score (nSPS) is 10.3. The second-order valence-corrected chi connectivity index (χ2v) is 5.44. The average molecular weight is 350 g/mol. The van der Waals surface area contributed by atoms with Gasteiger partial charge >= 0.3 is 5.97 Å². The molecule has 0 saturated heterocycles. The minimum Gasteiger partial charge on any atom is -0.475 e. The van der Waals surface area contributed by atoms with Crippen molar-refractivity contribution in [2.24, 2.45) is 0 Å². The molecule has 0 aliphatic heterocycles. The molecule has 108 valence electrons. The maximum Gasteiger partial charge on any atom is 0.372 e. The zero-order valence-electron chi connectivity index (χ0n) is 11.0. The fraction of sp³-hybridized carbons (Fsp3) is 0.133. The van der Waals surface area contributed by atoms with E-state index in [0.29, 0.717) is 12.1 Å². The summed E-state index contributed by atoms with van der Waals surface area (Å²) in [6.45, 7) is 0.591. The third kappa shape index (κ3) is 4.13. The number of carbonyl (C=O) groups excluding carboxylic acids is 2. The van der Waals surface area contributed by atoms with E-state index >= 15 is 0 Å². The third-order valence-electron chi connectivity index (χ3n) is 2.91. The maximum atomic E-state index is 11.8. The largest absolute Gasteiger partial charge is 0.475 e. The van der Waals surface area contributed by atoms with Crippen molar-refractivity contribution in [2.45, 2.75) is 13.0 Å². The Kier molecular flexibility index (Phi) is 4.70. The molecule has 0 radical (unpaired) electrons. The summed E-state index contributed by atoms with van der Waals surface area (Å²) in [5.74, 6) is -3.17. The van der Waals surface area contributed by atoms with Gasteiger partial charge in [-0.1, -0.05) is 28.1 Å². The lowest BCUT2D eigenvalue weighted by atomic mass is 10.1. The van der Waals surface area contributed by atoms with Gasteiger partial charge in [0.2, 0.25) is 5.78 Å². The van der Waals surface area contributed by atoms with Gasteiger partial charge in [0.05, 0.1) is 6.42 Å². The summed E-state index contributed by atoms with van der Waals surface area (Å²) in [6.07, 6.45) is 2.72. The number of aromatic nitrogens is 1. The van der Waals surface area contributed by atoms with Gasteiger partial charge < -0.3 is 9.67 Å². The monoisotopic (exact) mass is 349 g/mol. The van der Waals surface area contributed by atoms with E-state index in [1.165, 1.54) is 0 Å². The summed E-state index contributed by atoms with van der Waals surface area (Å²) in [4.78, 5) is 33.2. The van der Waals surface area contributed by atoms with E-state index in [-0.39, 0.29) is 0 Å². The van der Waals surface area contributed by atoms with Crippen molar-refractivity contribution >= 4 is 33.5 Å². The molecule has 0 saturated carbocycles. The van der Waals surface area contributed by atoms with Gasteiger partial charge in [-0.15, -0.1) is 0 Å². The van der Waals surface area contributed by atoms with Crippen molar-refractivity contribution in [3.05, 3.63) is 58.3 Å². The number of halogens is 1. The van der Waals surface area contributed by atoms with E-state index in [2.05, 4.69) is 15.9 Å². The molecule has 0 spiro atoms. The Morgan fingerprint density at radius 2 is 1.76 bits per heavy atom. The van der Waals surface area contributed by atoms with E-state index in [0.717, 1.165) is 10.0 Å². The van der Waals surface area contributed by atoms with E-state index in [4.69, 9.17) is 5.11 Å². The number of Topliss-reactive ketones (excluding diaryl/α,β-unsaturated/α-hetero) is 2. The summed E-state index contributed by atoms with van der Waals surface area (Å²) in [6, 6.07) is 9.35. The molecular weight excluding hydrogens is 338 g/mol.